The summed E-state index contributed by atoms with van der Waals surface area (Å²) in [6.07, 6.45) is -0.264. The molecule has 0 saturated heterocycles. The van der Waals surface area contributed by atoms with E-state index < -0.39 is 20.6 Å². The molecule has 27 heavy (non-hydrogen) atoms. The van der Waals surface area contributed by atoms with Crippen molar-refractivity contribution in [2.45, 2.75) is 65.4 Å². The SMILES string of the molecule is [B]POC(=O)C(=C)CC(=O)OCc1cc(C(C)(C)C)c(O)c(C(C)(C)C)c1. The fraction of sp³-hybridized carbons (Fsp3) is 0.500. The summed E-state index contributed by atoms with van der Waals surface area (Å²) in [4.78, 5) is 23.5. The molecule has 0 bridgehead atoms. The van der Waals surface area contributed by atoms with Crippen LogP contribution >= 0.6 is 8.69 Å². The Labute approximate surface area is 164 Å². The van der Waals surface area contributed by atoms with Gasteiger partial charge in [-0.2, -0.15) is 0 Å². The Balaban J connectivity index is 2.99. The summed E-state index contributed by atoms with van der Waals surface area (Å²) in [5, 5.41) is 10.7. The maximum atomic E-state index is 12.0. The number of hydrogen-bond acceptors (Lipinski definition) is 5. The lowest BCUT2D eigenvalue weighted by Gasteiger charge is -2.28. The van der Waals surface area contributed by atoms with E-state index in [-0.39, 0.29) is 35.2 Å². The number of benzene rings is 1. The van der Waals surface area contributed by atoms with Crippen molar-refractivity contribution in [3.05, 3.63) is 41.0 Å². The average molecular weight is 390 g/mol. The topological polar surface area (TPSA) is 72.8 Å². The molecule has 2 radical (unpaired) electrons. The third-order valence-electron chi connectivity index (χ3n) is 3.98. The zero-order valence-electron chi connectivity index (χ0n) is 16.9. The van der Waals surface area contributed by atoms with Crippen LogP contribution in [0, 0.1) is 0 Å². The lowest BCUT2D eigenvalue weighted by atomic mass is 9.78. The normalized spacial score (nSPS) is 12.2. The zero-order valence-corrected chi connectivity index (χ0v) is 17.9. The minimum absolute atomic E-state index is 0.00517. The molecule has 1 aromatic rings. The maximum absolute atomic E-state index is 12.0. The molecule has 1 rings (SSSR count). The molecule has 0 amide bonds. The molecule has 0 aliphatic rings. The Kier molecular flexibility index (Phi) is 7.68. The third-order valence-corrected chi connectivity index (χ3v) is 4.29. The zero-order chi connectivity index (χ0) is 21.0. The van der Waals surface area contributed by atoms with Gasteiger partial charge in [-0.05, 0) is 39.7 Å². The molecule has 1 atom stereocenters. The summed E-state index contributed by atoms with van der Waals surface area (Å²) in [5.41, 5.74) is 1.80. The molecule has 1 unspecified atom stereocenters. The number of phenolic OH excluding ortho intramolecular Hbond substituents is 1. The van der Waals surface area contributed by atoms with Crippen LogP contribution in [0.5, 0.6) is 5.75 Å². The molecule has 0 aromatic heterocycles. The summed E-state index contributed by atoms with van der Waals surface area (Å²) in [7, 11) is 4.65. The molecule has 146 valence electrons. The summed E-state index contributed by atoms with van der Waals surface area (Å²) in [6, 6.07) is 3.69. The van der Waals surface area contributed by atoms with E-state index in [1.54, 1.807) is 0 Å². The quantitative estimate of drug-likeness (QED) is 0.341. The van der Waals surface area contributed by atoms with Crippen molar-refractivity contribution in [1.29, 1.82) is 0 Å². The van der Waals surface area contributed by atoms with Gasteiger partial charge in [-0.15, -0.1) is 0 Å². The van der Waals surface area contributed by atoms with Crippen LogP contribution in [0.3, 0.4) is 0 Å². The summed E-state index contributed by atoms with van der Waals surface area (Å²) < 4.78 is 9.90. The molecule has 0 aliphatic heterocycles. The monoisotopic (exact) mass is 390 g/mol. The van der Waals surface area contributed by atoms with Crippen LogP contribution < -0.4 is 0 Å². The lowest BCUT2D eigenvalue weighted by Crippen LogP contribution is -2.18. The highest BCUT2D eigenvalue weighted by Gasteiger charge is 2.26. The van der Waals surface area contributed by atoms with Crippen LogP contribution in [0.2, 0.25) is 0 Å². The predicted molar refractivity (Wildman–Crippen MR) is 109 cm³/mol. The number of esters is 1. The van der Waals surface area contributed by atoms with Gasteiger partial charge in [0.1, 0.15) is 12.4 Å². The van der Waals surface area contributed by atoms with Gasteiger partial charge < -0.3 is 14.4 Å². The van der Waals surface area contributed by atoms with E-state index in [9.17, 15) is 14.7 Å². The minimum Gasteiger partial charge on any atom is -0.507 e. The molecular formula is C20H28BO5P. The van der Waals surface area contributed by atoms with E-state index in [1.165, 1.54) is 0 Å². The van der Waals surface area contributed by atoms with Gasteiger partial charge in [0.2, 0.25) is 0 Å². The van der Waals surface area contributed by atoms with Gasteiger partial charge in [0, 0.05) is 14.3 Å². The van der Waals surface area contributed by atoms with Crippen molar-refractivity contribution < 1.29 is 24.0 Å². The molecule has 1 N–H and O–H groups in total. The number of carbonyl (C=O) groups excluding carboxylic acids is 2. The Hall–Kier alpha value is -1.81. The smallest absolute Gasteiger partial charge is 0.335 e. The van der Waals surface area contributed by atoms with Crippen LogP contribution in [0.1, 0.15) is 64.7 Å². The highest BCUT2D eigenvalue weighted by Crippen LogP contribution is 2.39. The first kappa shape index (κ1) is 23.2. The summed E-state index contributed by atoms with van der Waals surface area (Å²) in [5.74, 6) is -1.02. The third kappa shape index (κ3) is 6.69. The molecule has 5 nitrogen and oxygen atoms in total. The van der Waals surface area contributed by atoms with E-state index in [1.807, 2.05) is 53.7 Å². The second-order valence-corrected chi connectivity index (χ2v) is 8.93. The molecule has 0 spiro atoms. The molecule has 0 saturated carbocycles. The number of phenols is 1. The predicted octanol–water partition coefficient (Wildman–Crippen LogP) is 4.20. The van der Waals surface area contributed by atoms with Crippen molar-refractivity contribution in [1.82, 2.24) is 0 Å². The van der Waals surface area contributed by atoms with Gasteiger partial charge in [0.25, 0.3) is 0 Å². The first-order valence-electron chi connectivity index (χ1n) is 8.64. The second kappa shape index (κ2) is 8.92. The van der Waals surface area contributed by atoms with Crippen LogP contribution in [-0.4, -0.2) is 24.6 Å². The highest BCUT2D eigenvalue weighted by molar-refractivity contribution is 7.62. The second-order valence-electron chi connectivity index (χ2n) is 8.49. The largest absolute Gasteiger partial charge is 0.507 e. The molecule has 0 heterocycles. The van der Waals surface area contributed by atoms with Crippen molar-refractivity contribution in [2.24, 2.45) is 0 Å². The number of aromatic hydroxyl groups is 1. The molecular weight excluding hydrogens is 362 g/mol. The fourth-order valence-corrected chi connectivity index (χ4v) is 2.76. The average Bonchev–Trinajstić information content (AvgIpc) is 2.51. The van der Waals surface area contributed by atoms with Crippen LogP contribution in [0.25, 0.3) is 0 Å². The van der Waals surface area contributed by atoms with Crippen LogP contribution in [-0.2, 0) is 36.3 Å². The minimum atomic E-state index is -0.706. The molecule has 0 aliphatic carbocycles. The summed E-state index contributed by atoms with van der Waals surface area (Å²) in [6.45, 7) is 15.6. The Morgan fingerprint density at radius 1 is 1.11 bits per heavy atom. The van der Waals surface area contributed by atoms with E-state index in [2.05, 4.69) is 11.1 Å². The molecule has 7 heteroatoms. The van der Waals surface area contributed by atoms with E-state index >= 15 is 0 Å². The number of rotatable bonds is 6. The standard InChI is InChI=1S/C20H28BO5P/c1-12(18(24)26-27-21)8-16(22)25-11-13-9-14(19(2,3)4)17(23)15(10-13)20(5,6)7/h9-10,23,27H,1,8,11H2,2-7H3. The molecule has 1 aromatic carbocycles. The maximum Gasteiger partial charge on any atom is 0.335 e. The Morgan fingerprint density at radius 3 is 2.00 bits per heavy atom. The van der Waals surface area contributed by atoms with Gasteiger partial charge in [-0.25, -0.2) is 4.79 Å². The molecule has 0 fully saturated rings. The van der Waals surface area contributed by atoms with Gasteiger partial charge in [0.05, 0.1) is 6.42 Å². The Bertz CT molecular complexity index is 694. The van der Waals surface area contributed by atoms with Crippen molar-refractivity contribution >= 4 is 28.2 Å². The van der Waals surface area contributed by atoms with E-state index in [0.717, 1.165) is 16.7 Å². The van der Waals surface area contributed by atoms with Gasteiger partial charge in [-0.1, -0.05) is 48.1 Å². The Morgan fingerprint density at radius 2 is 1.59 bits per heavy atom. The van der Waals surface area contributed by atoms with E-state index in [4.69, 9.17) is 12.3 Å². The fourth-order valence-electron chi connectivity index (χ4n) is 2.51. The number of ether oxygens (including phenoxy) is 1. The van der Waals surface area contributed by atoms with Gasteiger partial charge in [0.15, 0.2) is 7.57 Å². The lowest BCUT2D eigenvalue weighted by molar-refractivity contribution is -0.145. The van der Waals surface area contributed by atoms with E-state index in [0.29, 0.717) is 0 Å². The highest BCUT2D eigenvalue weighted by atomic mass is 31.1. The first-order valence-corrected chi connectivity index (χ1v) is 9.63. The van der Waals surface area contributed by atoms with Gasteiger partial charge >= 0.3 is 11.9 Å². The van der Waals surface area contributed by atoms with Crippen molar-refractivity contribution in [3.63, 3.8) is 0 Å². The van der Waals surface area contributed by atoms with Crippen LogP contribution in [0.4, 0.5) is 0 Å². The van der Waals surface area contributed by atoms with Crippen molar-refractivity contribution in [3.8, 4) is 5.75 Å². The first-order chi connectivity index (χ1) is 12.3. The number of carbonyl (C=O) groups is 2. The van der Waals surface area contributed by atoms with Gasteiger partial charge in [-0.3, -0.25) is 4.79 Å². The number of hydrogen-bond donors (Lipinski definition) is 1. The van der Waals surface area contributed by atoms with Crippen molar-refractivity contribution in [2.75, 3.05) is 0 Å². The summed E-state index contributed by atoms with van der Waals surface area (Å²) >= 11 is 0. The van der Waals surface area contributed by atoms with Crippen LogP contribution in [0.15, 0.2) is 24.3 Å².